The standard InChI is InChI=1S/C12H22N2O4S/c1-8(2)6-10(12(16)13-3)14-11(15)9-4-5-19(17,18)7-9/h8-10H,4-7H2,1-3H3,(H,13,16)(H,14,15). The molecule has 1 fully saturated rings. The maximum absolute atomic E-state index is 12.0. The second-order valence-corrected chi connectivity index (χ2v) is 7.63. The molecule has 0 bridgehead atoms. The Bertz CT molecular complexity index is 445. The first-order valence-electron chi connectivity index (χ1n) is 6.47. The van der Waals surface area contributed by atoms with Gasteiger partial charge in [-0.1, -0.05) is 13.8 Å². The van der Waals surface area contributed by atoms with Crippen molar-refractivity contribution in [2.24, 2.45) is 11.8 Å². The van der Waals surface area contributed by atoms with Crippen LogP contribution in [-0.2, 0) is 19.4 Å². The molecule has 19 heavy (non-hydrogen) atoms. The number of carbonyl (C=O) groups excluding carboxylic acids is 2. The van der Waals surface area contributed by atoms with Gasteiger partial charge in [-0.05, 0) is 18.8 Å². The van der Waals surface area contributed by atoms with Crippen LogP contribution in [0.15, 0.2) is 0 Å². The summed E-state index contributed by atoms with van der Waals surface area (Å²) in [5.41, 5.74) is 0. The highest BCUT2D eigenvalue weighted by Crippen LogP contribution is 2.19. The lowest BCUT2D eigenvalue weighted by molar-refractivity contribution is -0.130. The van der Waals surface area contributed by atoms with E-state index in [1.807, 2.05) is 13.8 Å². The number of carbonyl (C=O) groups is 2. The number of rotatable bonds is 5. The van der Waals surface area contributed by atoms with Crippen LogP contribution < -0.4 is 10.6 Å². The summed E-state index contributed by atoms with van der Waals surface area (Å²) in [5.74, 6) is -0.904. The zero-order valence-electron chi connectivity index (χ0n) is 11.6. The molecule has 0 aromatic rings. The normalized spacial score (nSPS) is 23.1. The molecule has 0 aliphatic carbocycles. The summed E-state index contributed by atoms with van der Waals surface area (Å²) in [6.45, 7) is 3.92. The van der Waals surface area contributed by atoms with Gasteiger partial charge in [0, 0.05) is 7.05 Å². The van der Waals surface area contributed by atoms with Gasteiger partial charge < -0.3 is 10.6 Å². The zero-order chi connectivity index (χ0) is 14.6. The number of sulfone groups is 1. The first-order valence-corrected chi connectivity index (χ1v) is 8.29. The molecule has 1 rings (SSSR count). The monoisotopic (exact) mass is 290 g/mol. The molecular weight excluding hydrogens is 268 g/mol. The average molecular weight is 290 g/mol. The lowest BCUT2D eigenvalue weighted by Gasteiger charge is -2.20. The minimum atomic E-state index is -3.09. The van der Waals surface area contributed by atoms with Crippen molar-refractivity contribution < 1.29 is 18.0 Å². The third-order valence-electron chi connectivity index (χ3n) is 3.19. The molecule has 1 heterocycles. The molecule has 1 aliphatic heterocycles. The Morgan fingerprint density at radius 1 is 1.32 bits per heavy atom. The molecule has 1 aliphatic rings. The Morgan fingerprint density at radius 2 is 1.95 bits per heavy atom. The van der Waals surface area contributed by atoms with Gasteiger partial charge in [0.25, 0.3) is 0 Å². The van der Waals surface area contributed by atoms with Crippen LogP contribution in [0, 0.1) is 11.8 Å². The van der Waals surface area contributed by atoms with E-state index in [0.29, 0.717) is 12.8 Å². The Morgan fingerprint density at radius 3 is 2.37 bits per heavy atom. The molecule has 0 saturated carbocycles. The molecule has 2 atom stereocenters. The van der Waals surface area contributed by atoms with Crippen molar-refractivity contribution in [1.29, 1.82) is 0 Å². The van der Waals surface area contributed by atoms with Crippen LogP contribution in [0.4, 0.5) is 0 Å². The second-order valence-electron chi connectivity index (χ2n) is 5.40. The second kappa shape index (κ2) is 6.36. The van der Waals surface area contributed by atoms with Crippen molar-refractivity contribution in [3.63, 3.8) is 0 Å². The Balaban J connectivity index is 2.64. The Kier molecular flexibility index (Phi) is 5.34. The van der Waals surface area contributed by atoms with E-state index in [-0.39, 0.29) is 29.2 Å². The van der Waals surface area contributed by atoms with Crippen molar-refractivity contribution in [3.8, 4) is 0 Å². The van der Waals surface area contributed by atoms with E-state index in [1.165, 1.54) is 7.05 Å². The minimum absolute atomic E-state index is 0.0555. The summed E-state index contributed by atoms with van der Waals surface area (Å²) in [4.78, 5) is 23.7. The first kappa shape index (κ1) is 15.9. The zero-order valence-corrected chi connectivity index (χ0v) is 12.4. The fraction of sp³-hybridized carbons (Fsp3) is 0.833. The number of hydrogen-bond acceptors (Lipinski definition) is 4. The summed E-state index contributed by atoms with van der Waals surface area (Å²) in [6.07, 6.45) is 0.876. The largest absolute Gasteiger partial charge is 0.357 e. The molecule has 110 valence electrons. The fourth-order valence-electron chi connectivity index (χ4n) is 2.17. The lowest BCUT2D eigenvalue weighted by Crippen LogP contribution is -2.48. The van der Waals surface area contributed by atoms with Crippen LogP contribution >= 0.6 is 0 Å². The molecule has 0 radical (unpaired) electrons. The van der Waals surface area contributed by atoms with Crippen LogP contribution in [0.5, 0.6) is 0 Å². The molecule has 0 aromatic heterocycles. The molecule has 1 saturated heterocycles. The quantitative estimate of drug-likeness (QED) is 0.727. The molecule has 0 aromatic carbocycles. The van der Waals surface area contributed by atoms with E-state index >= 15 is 0 Å². The van der Waals surface area contributed by atoms with Gasteiger partial charge in [-0.25, -0.2) is 8.42 Å². The average Bonchev–Trinajstić information content (AvgIpc) is 2.67. The van der Waals surface area contributed by atoms with Crippen molar-refractivity contribution in [2.45, 2.75) is 32.7 Å². The van der Waals surface area contributed by atoms with Gasteiger partial charge in [-0.15, -0.1) is 0 Å². The summed E-state index contributed by atoms with van der Waals surface area (Å²) in [7, 11) is -1.57. The summed E-state index contributed by atoms with van der Waals surface area (Å²) in [6, 6.07) is -0.596. The van der Waals surface area contributed by atoms with Crippen LogP contribution in [0.25, 0.3) is 0 Å². The van der Waals surface area contributed by atoms with Crippen LogP contribution in [0.3, 0.4) is 0 Å². The number of nitrogens with one attached hydrogen (secondary N) is 2. The van der Waals surface area contributed by atoms with Crippen LogP contribution in [-0.4, -0.2) is 44.8 Å². The van der Waals surface area contributed by atoms with Gasteiger partial charge in [0.1, 0.15) is 6.04 Å². The van der Waals surface area contributed by atoms with E-state index in [1.54, 1.807) is 0 Å². The van der Waals surface area contributed by atoms with Gasteiger partial charge >= 0.3 is 0 Å². The van der Waals surface area contributed by atoms with Gasteiger partial charge in [0.05, 0.1) is 17.4 Å². The van der Waals surface area contributed by atoms with E-state index < -0.39 is 21.8 Å². The SMILES string of the molecule is CNC(=O)C(CC(C)C)NC(=O)C1CCS(=O)(=O)C1. The van der Waals surface area contributed by atoms with Gasteiger partial charge in [-0.3, -0.25) is 9.59 Å². The van der Waals surface area contributed by atoms with E-state index in [2.05, 4.69) is 10.6 Å². The molecule has 0 spiro atoms. The molecule has 6 nitrogen and oxygen atoms in total. The van der Waals surface area contributed by atoms with E-state index in [9.17, 15) is 18.0 Å². The number of likely N-dealkylation sites (N-methyl/N-ethyl adjacent to an activating group) is 1. The summed E-state index contributed by atoms with van der Waals surface area (Å²) in [5, 5.41) is 5.17. The number of amides is 2. The maximum Gasteiger partial charge on any atom is 0.242 e. The van der Waals surface area contributed by atoms with E-state index in [4.69, 9.17) is 0 Å². The fourth-order valence-corrected chi connectivity index (χ4v) is 3.91. The maximum atomic E-state index is 12.0. The summed E-state index contributed by atoms with van der Waals surface area (Å²) < 4.78 is 22.7. The van der Waals surface area contributed by atoms with E-state index in [0.717, 1.165) is 0 Å². The molecule has 2 N–H and O–H groups in total. The minimum Gasteiger partial charge on any atom is -0.357 e. The summed E-state index contributed by atoms with van der Waals surface area (Å²) >= 11 is 0. The Labute approximate surface area is 114 Å². The van der Waals surface area contributed by atoms with Gasteiger partial charge in [-0.2, -0.15) is 0 Å². The van der Waals surface area contributed by atoms with Crippen LogP contribution in [0.2, 0.25) is 0 Å². The third kappa shape index (κ3) is 4.81. The molecular formula is C12H22N2O4S. The predicted octanol–water partition coefficient (Wildman–Crippen LogP) is -0.302. The van der Waals surface area contributed by atoms with Crippen molar-refractivity contribution in [1.82, 2.24) is 10.6 Å². The predicted molar refractivity (Wildman–Crippen MR) is 72.2 cm³/mol. The van der Waals surface area contributed by atoms with Gasteiger partial charge in [0.2, 0.25) is 11.8 Å². The molecule has 2 unspecified atom stereocenters. The molecule has 2 amide bonds. The van der Waals surface area contributed by atoms with Crippen LogP contribution in [0.1, 0.15) is 26.7 Å². The molecule has 7 heteroatoms. The first-order chi connectivity index (χ1) is 8.75. The third-order valence-corrected chi connectivity index (χ3v) is 4.96. The topological polar surface area (TPSA) is 92.3 Å². The Hall–Kier alpha value is -1.11. The number of hydrogen-bond donors (Lipinski definition) is 2. The van der Waals surface area contributed by atoms with Crippen molar-refractivity contribution >= 4 is 21.7 Å². The smallest absolute Gasteiger partial charge is 0.242 e. The van der Waals surface area contributed by atoms with Gasteiger partial charge in [0.15, 0.2) is 9.84 Å². The van der Waals surface area contributed by atoms with Crippen molar-refractivity contribution in [3.05, 3.63) is 0 Å². The van der Waals surface area contributed by atoms with Crippen molar-refractivity contribution in [2.75, 3.05) is 18.6 Å². The lowest BCUT2D eigenvalue weighted by atomic mass is 10.0. The highest BCUT2D eigenvalue weighted by atomic mass is 32.2. The highest BCUT2D eigenvalue weighted by molar-refractivity contribution is 7.91. The highest BCUT2D eigenvalue weighted by Gasteiger charge is 2.34.